The molecule has 8 heteroatoms. The topological polar surface area (TPSA) is 47.8 Å². The van der Waals surface area contributed by atoms with Crippen LogP contribution in [0.5, 0.6) is 0 Å². The van der Waals surface area contributed by atoms with E-state index in [-0.39, 0.29) is 6.04 Å². The van der Waals surface area contributed by atoms with E-state index in [1.54, 1.807) is 18.2 Å². The maximum Gasteiger partial charge on any atom is 0.416 e. The number of rotatable bonds is 3. The number of nitriles is 1. The van der Waals surface area contributed by atoms with Crippen LogP contribution in [-0.2, 0) is 6.18 Å². The fourth-order valence-corrected chi connectivity index (χ4v) is 3.58. The zero-order valence-electron chi connectivity index (χ0n) is 14.2. The summed E-state index contributed by atoms with van der Waals surface area (Å²) in [5, 5.41) is 16.8. The second-order valence-electron chi connectivity index (χ2n) is 6.37. The van der Waals surface area contributed by atoms with Crippen molar-refractivity contribution < 1.29 is 13.2 Å². The van der Waals surface area contributed by atoms with Gasteiger partial charge >= 0.3 is 6.18 Å². The van der Waals surface area contributed by atoms with Gasteiger partial charge in [-0.3, -0.25) is 0 Å². The standard InChI is InChI=1S/C19H16Cl2F3N3/c1-2-15-18(12(9-25)10-3-5-13(20)14(21)7-10)27-17-8-11(19(22,23)24)4-6-16(17)26-15/h3-8,12,15,18,26-27H,2H2,1H3. The molecule has 0 bridgehead atoms. The number of anilines is 2. The number of nitrogens with zero attached hydrogens (tertiary/aromatic N) is 1. The number of hydrogen-bond acceptors (Lipinski definition) is 3. The Balaban J connectivity index is 1.99. The van der Waals surface area contributed by atoms with Gasteiger partial charge in [-0.1, -0.05) is 36.2 Å². The van der Waals surface area contributed by atoms with Crippen LogP contribution in [0.25, 0.3) is 0 Å². The first-order valence-corrected chi connectivity index (χ1v) is 9.09. The quantitative estimate of drug-likeness (QED) is 0.619. The van der Waals surface area contributed by atoms with E-state index in [2.05, 4.69) is 16.7 Å². The molecule has 0 fully saturated rings. The lowest BCUT2D eigenvalue weighted by molar-refractivity contribution is -0.137. The van der Waals surface area contributed by atoms with Crippen LogP contribution >= 0.6 is 23.2 Å². The minimum Gasteiger partial charge on any atom is -0.379 e. The van der Waals surface area contributed by atoms with Gasteiger partial charge in [0.05, 0.1) is 45.0 Å². The average Bonchev–Trinajstić information content (AvgIpc) is 2.63. The van der Waals surface area contributed by atoms with Crippen molar-refractivity contribution in [1.29, 1.82) is 5.26 Å². The number of halogens is 5. The lowest BCUT2D eigenvalue weighted by atomic mass is 9.85. The lowest BCUT2D eigenvalue weighted by Gasteiger charge is -2.38. The van der Waals surface area contributed by atoms with Crippen LogP contribution in [-0.4, -0.2) is 12.1 Å². The summed E-state index contributed by atoms with van der Waals surface area (Å²) in [5.74, 6) is -0.625. The number of hydrogen-bond donors (Lipinski definition) is 2. The van der Waals surface area contributed by atoms with Gasteiger partial charge in [-0.15, -0.1) is 0 Å². The molecule has 1 heterocycles. The smallest absolute Gasteiger partial charge is 0.379 e. The molecule has 142 valence electrons. The van der Waals surface area contributed by atoms with Gasteiger partial charge in [-0.05, 0) is 42.3 Å². The van der Waals surface area contributed by atoms with Crippen molar-refractivity contribution in [2.24, 2.45) is 0 Å². The minimum atomic E-state index is -4.44. The molecule has 3 unspecified atom stereocenters. The van der Waals surface area contributed by atoms with Crippen molar-refractivity contribution in [3.05, 3.63) is 57.6 Å². The van der Waals surface area contributed by atoms with E-state index >= 15 is 0 Å². The summed E-state index contributed by atoms with van der Waals surface area (Å²) in [4.78, 5) is 0. The first-order chi connectivity index (χ1) is 12.7. The van der Waals surface area contributed by atoms with E-state index in [1.807, 2.05) is 6.92 Å². The zero-order chi connectivity index (χ0) is 19.8. The van der Waals surface area contributed by atoms with Crippen molar-refractivity contribution in [3.63, 3.8) is 0 Å². The van der Waals surface area contributed by atoms with Crippen molar-refractivity contribution in [2.45, 2.75) is 37.5 Å². The van der Waals surface area contributed by atoms with Crippen LogP contribution < -0.4 is 10.6 Å². The fourth-order valence-electron chi connectivity index (χ4n) is 3.28. The molecule has 2 aromatic rings. The molecule has 0 spiro atoms. The van der Waals surface area contributed by atoms with Gasteiger partial charge in [-0.2, -0.15) is 18.4 Å². The first-order valence-electron chi connectivity index (χ1n) is 8.33. The summed E-state index contributed by atoms with van der Waals surface area (Å²) >= 11 is 12.0. The zero-order valence-corrected chi connectivity index (χ0v) is 15.8. The Labute approximate surface area is 165 Å². The Morgan fingerprint density at radius 2 is 1.81 bits per heavy atom. The summed E-state index contributed by atoms with van der Waals surface area (Å²) in [6.07, 6.45) is -3.76. The van der Waals surface area contributed by atoms with E-state index in [1.165, 1.54) is 6.07 Å². The van der Waals surface area contributed by atoms with Crippen LogP contribution in [0.3, 0.4) is 0 Å². The third kappa shape index (κ3) is 3.95. The molecule has 0 aliphatic carbocycles. The van der Waals surface area contributed by atoms with Gasteiger partial charge in [-0.25, -0.2) is 0 Å². The molecular formula is C19H16Cl2F3N3. The summed E-state index contributed by atoms with van der Waals surface area (Å²) in [7, 11) is 0. The third-order valence-electron chi connectivity index (χ3n) is 4.68. The predicted octanol–water partition coefficient (Wildman–Crippen LogP) is 6.30. The maximum absolute atomic E-state index is 13.0. The van der Waals surface area contributed by atoms with Gasteiger partial charge in [0.1, 0.15) is 0 Å². The SMILES string of the molecule is CCC1Nc2ccc(C(F)(F)F)cc2NC1C(C#N)c1ccc(Cl)c(Cl)c1. The minimum absolute atomic E-state index is 0.145. The van der Waals surface area contributed by atoms with E-state index in [0.717, 1.165) is 12.1 Å². The molecule has 2 N–H and O–H groups in total. The van der Waals surface area contributed by atoms with Crippen molar-refractivity contribution in [1.82, 2.24) is 0 Å². The average molecular weight is 414 g/mol. The largest absolute Gasteiger partial charge is 0.416 e. The highest BCUT2D eigenvalue weighted by Crippen LogP contribution is 2.39. The van der Waals surface area contributed by atoms with Crippen molar-refractivity contribution in [2.75, 3.05) is 10.6 Å². The lowest BCUT2D eigenvalue weighted by Crippen LogP contribution is -2.46. The second-order valence-corrected chi connectivity index (χ2v) is 7.18. The Morgan fingerprint density at radius 1 is 1.07 bits per heavy atom. The molecule has 3 nitrogen and oxygen atoms in total. The molecule has 3 atom stereocenters. The van der Waals surface area contributed by atoms with E-state index in [4.69, 9.17) is 23.2 Å². The van der Waals surface area contributed by atoms with E-state index < -0.39 is 23.7 Å². The van der Waals surface area contributed by atoms with Gasteiger partial charge < -0.3 is 10.6 Å². The number of alkyl halides is 3. The van der Waals surface area contributed by atoms with Gasteiger partial charge in [0, 0.05) is 6.04 Å². The summed E-state index contributed by atoms with van der Waals surface area (Å²) in [6.45, 7) is 1.95. The summed E-state index contributed by atoms with van der Waals surface area (Å²) in [5.41, 5.74) is 0.809. The Hall–Kier alpha value is -2.10. The highest BCUT2D eigenvalue weighted by molar-refractivity contribution is 6.42. The number of fused-ring (bicyclic) bond motifs is 1. The summed E-state index contributed by atoms with van der Waals surface area (Å²) < 4.78 is 39.1. The van der Waals surface area contributed by atoms with Gasteiger partial charge in [0.2, 0.25) is 0 Å². The van der Waals surface area contributed by atoms with Crippen LogP contribution in [0.4, 0.5) is 24.5 Å². The number of benzene rings is 2. The Morgan fingerprint density at radius 3 is 2.41 bits per heavy atom. The van der Waals surface area contributed by atoms with E-state index in [9.17, 15) is 18.4 Å². The molecule has 0 aromatic heterocycles. The highest BCUT2D eigenvalue weighted by atomic mass is 35.5. The van der Waals surface area contributed by atoms with E-state index in [0.29, 0.717) is 33.4 Å². The normalized spacial score (nSPS) is 20.0. The molecule has 0 radical (unpaired) electrons. The fraction of sp³-hybridized carbons (Fsp3) is 0.316. The number of nitrogens with one attached hydrogen (secondary N) is 2. The van der Waals surface area contributed by atoms with Crippen LogP contribution in [0.15, 0.2) is 36.4 Å². The van der Waals surface area contributed by atoms with Crippen LogP contribution in [0, 0.1) is 11.3 Å². The molecule has 2 aromatic carbocycles. The first kappa shape index (κ1) is 19.7. The maximum atomic E-state index is 13.0. The Bertz CT molecular complexity index is 893. The van der Waals surface area contributed by atoms with Gasteiger partial charge in [0.25, 0.3) is 0 Å². The molecule has 3 rings (SSSR count). The predicted molar refractivity (Wildman–Crippen MR) is 101 cm³/mol. The molecule has 0 amide bonds. The molecule has 27 heavy (non-hydrogen) atoms. The second kappa shape index (κ2) is 7.49. The monoisotopic (exact) mass is 413 g/mol. The summed E-state index contributed by atoms with van der Waals surface area (Å²) in [6, 6.07) is 10.1. The van der Waals surface area contributed by atoms with Crippen molar-refractivity contribution >= 4 is 34.6 Å². The molecule has 0 saturated heterocycles. The van der Waals surface area contributed by atoms with Gasteiger partial charge in [0.15, 0.2) is 0 Å². The Kier molecular flexibility index (Phi) is 5.45. The van der Waals surface area contributed by atoms with Crippen molar-refractivity contribution in [3.8, 4) is 6.07 Å². The van der Waals surface area contributed by atoms with Crippen LogP contribution in [0.2, 0.25) is 10.0 Å². The molecule has 0 saturated carbocycles. The molecule has 1 aliphatic rings. The highest BCUT2D eigenvalue weighted by Gasteiger charge is 2.36. The molecule has 1 aliphatic heterocycles. The van der Waals surface area contributed by atoms with Crippen LogP contribution in [0.1, 0.15) is 30.4 Å². The molecular weight excluding hydrogens is 398 g/mol. The third-order valence-corrected chi connectivity index (χ3v) is 5.42.